The molecule has 0 atom stereocenters. The second kappa shape index (κ2) is 11.9. The minimum Gasteiger partial charge on any atom is -0.341 e. The van der Waals surface area contributed by atoms with Gasteiger partial charge >= 0.3 is 0 Å². The van der Waals surface area contributed by atoms with Gasteiger partial charge in [0.2, 0.25) is 0 Å². The number of halogens is 2. The van der Waals surface area contributed by atoms with Crippen LogP contribution in [0.25, 0.3) is 0 Å². The van der Waals surface area contributed by atoms with Crippen LogP contribution in [0.3, 0.4) is 0 Å². The van der Waals surface area contributed by atoms with Gasteiger partial charge in [-0.1, -0.05) is 30.3 Å². The lowest BCUT2D eigenvalue weighted by Crippen LogP contribution is -2.47. The summed E-state index contributed by atoms with van der Waals surface area (Å²) in [5.41, 5.74) is 3.26. The van der Waals surface area contributed by atoms with Crippen LogP contribution in [-0.2, 0) is 6.42 Å². The van der Waals surface area contributed by atoms with E-state index in [1.54, 1.807) is 24.3 Å². The van der Waals surface area contributed by atoms with Gasteiger partial charge in [0.05, 0.1) is 0 Å². The fourth-order valence-electron chi connectivity index (χ4n) is 4.49. The zero-order chi connectivity index (χ0) is 22.9. The fourth-order valence-corrected chi connectivity index (χ4v) is 4.49. The molecule has 0 radical (unpaired) electrons. The number of nitrogens with zero attached hydrogens (tertiary/aromatic N) is 3. The van der Waals surface area contributed by atoms with Gasteiger partial charge in [-0.05, 0) is 86.4 Å². The molecule has 3 nitrogen and oxygen atoms in total. The van der Waals surface area contributed by atoms with Gasteiger partial charge in [0, 0.05) is 44.1 Å². The molecule has 1 heterocycles. The number of rotatable bonds is 10. The first-order valence-corrected chi connectivity index (χ1v) is 11.9. The van der Waals surface area contributed by atoms with E-state index in [0.29, 0.717) is 0 Å². The van der Waals surface area contributed by atoms with E-state index in [9.17, 15) is 8.78 Å². The molecule has 0 aliphatic carbocycles. The quantitative estimate of drug-likeness (QED) is 0.391. The third-order valence-corrected chi connectivity index (χ3v) is 6.38. The van der Waals surface area contributed by atoms with E-state index >= 15 is 0 Å². The summed E-state index contributed by atoms with van der Waals surface area (Å²) in [6.45, 7) is 7.41. The summed E-state index contributed by atoms with van der Waals surface area (Å²) >= 11 is 0. The topological polar surface area (TPSA) is 9.72 Å². The van der Waals surface area contributed by atoms with E-state index < -0.39 is 0 Å². The molecule has 0 spiro atoms. The normalized spacial score (nSPS) is 15.0. The van der Waals surface area contributed by atoms with Crippen molar-refractivity contribution in [2.24, 2.45) is 0 Å². The Kier molecular flexibility index (Phi) is 8.45. The molecule has 0 saturated carbocycles. The van der Waals surface area contributed by atoms with Gasteiger partial charge in [-0.2, -0.15) is 0 Å². The van der Waals surface area contributed by atoms with Crippen molar-refractivity contribution in [1.29, 1.82) is 0 Å². The Morgan fingerprint density at radius 3 is 1.61 bits per heavy atom. The van der Waals surface area contributed by atoms with Gasteiger partial charge in [0.15, 0.2) is 0 Å². The average Bonchev–Trinajstić information content (AvgIpc) is 2.85. The van der Waals surface area contributed by atoms with E-state index in [2.05, 4.69) is 45.0 Å². The molecule has 1 aliphatic rings. The highest BCUT2D eigenvalue weighted by molar-refractivity contribution is 5.63. The second-order valence-corrected chi connectivity index (χ2v) is 8.73. The Hall–Kier alpha value is -2.76. The highest BCUT2D eigenvalue weighted by Gasteiger charge is 2.17. The van der Waals surface area contributed by atoms with Gasteiger partial charge in [-0.25, -0.2) is 8.78 Å². The van der Waals surface area contributed by atoms with Gasteiger partial charge in [0.25, 0.3) is 0 Å². The van der Waals surface area contributed by atoms with Gasteiger partial charge in [-0.15, -0.1) is 0 Å². The number of hydrogen-bond donors (Lipinski definition) is 0. The molecule has 0 unspecified atom stereocenters. The fraction of sp³-hybridized carbons (Fsp3) is 0.357. The van der Waals surface area contributed by atoms with Crippen LogP contribution in [0.5, 0.6) is 0 Å². The molecule has 33 heavy (non-hydrogen) atoms. The summed E-state index contributed by atoms with van der Waals surface area (Å²) in [6, 6.07) is 23.7. The number of aryl methyl sites for hydroxylation is 1. The third kappa shape index (κ3) is 7.11. The standard InChI is InChI=1S/C28H33F2N3/c29-25-9-13-27(14-10-25)33(28-15-11-26(30)12-16-28)19-5-18-32-22-20-31(21-23-32)17-4-8-24-6-2-1-3-7-24/h1-3,6-7,9-16H,4-5,8,17-23H2. The minimum atomic E-state index is -0.251. The molecule has 5 heteroatoms. The molecule has 4 rings (SSSR count). The van der Waals surface area contributed by atoms with Gasteiger partial charge in [-0.3, -0.25) is 0 Å². The molecule has 0 N–H and O–H groups in total. The molecule has 3 aromatic rings. The molecule has 1 saturated heterocycles. The summed E-state index contributed by atoms with van der Waals surface area (Å²) in [5, 5.41) is 0. The Morgan fingerprint density at radius 2 is 1.09 bits per heavy atom. The molecular formula is C28H33F2N3. The molecule has 0 aromatic heterocycles. The van der Waals surface area contributed by atoms with Crippen molar-refractivity contribution < 1.29 is 8.78 Å². The molecule has 174 valence electrons. The minimum absolute atomic E-state index is 0.251. The Bertz CT molecular complexity index is 907. The van der Waals surface area contributed by atoms with Gasteiger partial charge in [0.1, 0.15) is 11.6 Å². The van der Waals surface area contributed by atoms with Crippen LogP contribution in [0, 0.1) is 11.6 Å². The van der Waals surface area contributed by atoms with Crippen LogP contribution in [-0.4, -0.2) is 55.6 Å². The van der Waals surface area contributed by atoms with E-state index in [0.717, 1.165) is 70.0 Å². The van der Waals surface area contributed by atoms with Crippen molar-refractivity contribution in [3.8, 4) is 0 Å². The predicted molar refractivity (Wildman–Crippen MR) is 132 cm³/mol. The van der Waals surface area contributed by atoms with E-state index in [1.807, 2.05) is 0 Å². The Labute approximate surface area is 196 Å². The van der Waals surface area contributed by atoms with Crippen molar-refractivity contribution in [1.82, 2.24) is 9.80 Å². The monoisotopic (exact) mass is 449 g/mol. The summed E-state index contributed by atoms with van der Waals surface area (Å²) in [5.74, 6) is -0.501. The molecular weight excluding hydrogens is 416 g/mol. The summed E-state index contributed by atoms with van der Waals surface area (Å²) in [4.78, 5) is 7.24. The highest BCUT2D eigenvalue weighted by atomic mass is 19.1. The molecule has 1 aliphatic heterocycles. The van der Waals surface area contributed by atoms with Crippen molar-refractivity contribution in [3.63, 3.8) is 0 Å². The smallest absolute Gasteiger partial charge is 0.123 e. The van der Waals surface area contributed by atoms with Crippen LogP contribution >= 0.6 is 0 Å². The predicted octanol–water partition coefficient (Wildman–Crippen LogP) is 5.74. The van der Waals surface area contributed by atoms with E-state index in [-0.39, 0.29) is 11.6 Å². The van der Waals surface area contributed by atoms with Crippen molar-refractivity contribution >= 4 is 11.4 Å². The summed E-state index contributed by atoms with van der Waals surface area (Å²) < 4.78 is 26.8. The van der Waals surface area contributed by atoms with Crippen LogP contribution in [0.1, 0.15) is 18.4 Å². The van der Waals surface area contributed by atoms with Crippen LogP contribution in [0.4, 0.5) is 20.2 Å². The molecule has 0 bridgehead atoms. The SMILES string of the molecule is Fc1ccc(N(CCCN2CCN(CCCc3ccccc3)CC2)c2ccc(F)cc2)cc1. The summed E-state index contributed by atoms with van der Waals surface area (Å²) in [7, 11) is 0. The van der Waals surface area contributed by atoms with Crippen LogP contribution in [0.15, 0.2) is 78.9 Å². The van der Waals surface area contributed by atoms with Gasteiger partial charge < -0.3 is 14.7 Å². The summed E-state index contributed by atoms with van der Waals surface area (Å²) in [6.07, 6.45) is 3.33. The zero-order valence-electron chi connectivity index (χ0n) is 19.2. The number of anilines is 2. The first-order valence-electron chi connectivity index (χ1n) is 11.9. The second-order valence-electron chi connectivity index (χ2n) is 8.73. The van der Waals surface area contributed by atoms with Crippen molar-refractivity contribution in [3.05, 3.63) is 96.1 Å². The largest absolute Gasteiger partial charge is 0.341 e. The number of hydrogen-bond acceptors (Lipinski definition) is 3. The number of benzene rings is 3. The van der Waals surface area contributed by atoms with E-state index in [4.69, 9.17) is 0 Å². The lowest BCUT2D eigenvalue weighted by Gasteiger charge is -2.35. The Morgan fingerprint density at radius 1 is 0.606 bits per heavy atom. The lowest BCUT2D eigenvalue weighted by molar-refractivity contribution is 0.131. The maximum atomic E-state index is 13.4. The van der Waals surface area contributed by atoms with E-state index in [1.165, 1.54) is 36.2 Å². The lowest BCUT2D eigenvalue weighted by atomic mass is 10.1. The van der Waals surface area contributed by atoms with Crippen LogP contribution in [0.2, 0.25) is 0 Å². The maximum Gasteiger partial charge on any atom is 0.123 e. The third-order valence-electron chi connectivity index (χ3n) is 6.38. The average molecular weight is 450 g/mol. The first kappa shape index (κ1) is 23.4. The number of piperazine rings is 1. The highest BCUT2D eigenvalue weighted by Crippen LogP contribution is 2.26. The van der Waals surface area contributed by atoms with Crippen molar-refractivity contribution in [2.45, 2.75) is 19.3 Å². The molecule has 0 amide bonds. The molecule has 1 fully saturated rings. The Balaban J connectivity index is 1.22. The zero-order valence-corrected chi connectivity index (χ0v) is 19.2. The molecule has 3 aromatic carbocycles. The van der Waals surface area contributed by atoms with Crippen molar-refractivity contribution in [2.75, 3.05) is 50.7 Å². The van der Waals surface area contributed by atoms with Crippen LogP contribution < -0.4 is 4.90 Å². The maximum absolute atomic E-state index is 13.4. The first-order chi connectivity index (χ1) is 16.2.